The van der Waals surface area contributed by atoms with E-state index in [1.807, 2.05) is 103 Å². The summed E-state index contributed by atoms with van der Waals surface area (Å²) in [5.74, 6) is 2.38. The second-order valence-corrected chi connectivity index (χ2v) is 14.4. The van der Waals surface area contributed by atoms with Crippen LogP contribution < -0.4 is 0 Å². The molecule has 10 rings (SSSR count). The van der Waals surface area contributed by atoms with Crippen molar-refractivity contribution in [2.45, 2.75) is 0 Å². The van der Waals surface area contributed by atoms with Crippen molar-refractivity contribution in [2.24, 2.45) is 0 Å². The molecule has 0 radical (unpaired) electrons. The van der Waals surface area contributed by atoms with E-state index in [1.54, 1.807) is 0 Å². The molecule has 2 aromatic heterocycles. The maximum absolute atomic E-state index is 9.32. The average molecular weight is 767 g/mol. The Bertz CT molecular complexity index is 3180. The Kier molecular flexibility index (Phi) is 9.51. The fourth-order valence-corrected chi connectivity index (χ4v) is 7.53. The Labute approximate surface area is 347 Å². The highest BCUT2D eigenvalue weighted by molar-refractivity contribution is 5.95. The third-order valence-electron chi connectivity index (χ3n) is 10.6. The number of rotatable bonds is 8. The minimum absolute atomic E-state index is 0.567. The van der Waals surface area contributed by atoms with Gasteiger partial charge in [0.05, 0.1) is 22.8 Å². The molecule has 0 aliphatic heterocycles. The zero-order chi connectivity index (χ0) is 40.3. The predicted octanol–water partition coefficient (Wildman–Crippen LogP) is 13.0. The molecular weight excluding hydrogens is 733 g/mol. The Morgan fingerprint density at radius 1 is 0.300 bits per heavy atom. The molecular formula is C54H34N6. The summed E-state index contributed by atoms with van der Waals surface area (Å²) in [5, 5.41) is 10.3. The van der Waals surface area contributed by atoms with Gasteiger partial charge < -0.3 is 0 Å². The van der Waals surface area contributed by atoms with Crippen molar-refractivity contribution in [3.05, 3.63) is 212 Å². The number of nitriles is 1. The molecule has 0 aliphatic rings. The zero-order valence-corrected chi connectivity index (χ0v) is 32.3. The highest BCUT2D eigenvalue weighted by Crippen LogP contribution is 2.38. The fraction of sp³-hybridized carbons (Fsp3) is 0. The zero-order valence-electron chi connectivity index (χ0n) is 32.3. The number of nitrogens with zero attached hydrogens (tertiary/aromatic N) is 6. The van der Waals surface area contributed by atoms with Gasteiger partial charge in [-0.2, -0.15) is 5.26 Å². The molecule has 0 bridgehead atoms. The summed E-state index contributed by atoms with van der Waals surface area (Å²) in [4.78, 5) is 25.5. The van der Waals surface area contributed by atoms with Crippen molar-refractivity contribution in [1.29, 1.82) is 5.26 Å². The van der Waals surface area contributed by atoms with Crippen LogP contribution in [0.4, 0.5) is 0 Å². The van der Waals surface area contributed by atoms with Crippen molar-refractivity contribution >= 4 is 10.9 Å². The van der Waals surface area contributed by atoms with E-state index in [0.717, 1.165) is 77.8 Å². The lowest BCUT2D eigenvalue weighted by Crippen LogP contribution is -2.00. The quantitative estimate of drug-likeness (QED) is 0.153. The Hall–Kier alpha value is -8.40. The summed E-state index contributed by atoms with van der Waals surface area (Å²) in [6, 6.07) is 71.8. The molecule has 0 spiro atoms. The average Bonchev–Trinajstić information content (AvgIpc) is 3.34. The van der Waals surface area contributed by atoms with Crippen LogP contribution >= 0.6 is 0 Å². The maximum Gasteiger partial charge on any atom is 0.164 e. The molecule has 8 aromatic carbocycles. The van der Waals surface area contributed by atoms with Gasteiger partial charge in [0.25, 0.3) is 0 Å². The standard InChI is InChI=1S/C54H34N6/c55-35-36-23-25-38(26-24-36)43-19-12-20-45(33-43)53-59-51(41-17-8-3-9-18-41)58-52(60-53)42-29-27-39(28-30-42)48-34-44(37-13-4-1-5-14-37)31-32-46(48)54-56-49-22-11-10-21-47(49)50(57-54)40-15-6-2-7-16-40/h1-34H. The van der Waals surface area contributed by atoms with Gasteiger partial charge in [0.15, 0.2) is 23.3 Å². The van der Waals surface area contributed by atoms with Crippen LogP contribution in [0.25, 0.3) is 101 Å². The molecule has 60 heavy (non-hydrogen) atoms. The monoisotopic (exact) mass is 766 g/mol. The molecule has 0 fully saturated rings. The second kappa shape index (κ2) is 15.9. The Morgan fingerprint density at radius 3 is 1.47 bits per heavy atom. The van der Waals surface area contributed by atoms with Gasteiger partial charge in [0.2, 0.25) is 0 Å². The van der Waals surface area contributed by atoms with Crippen molar-refractivity contribution in [2.75, 3.05) is 0 Å². The summed E-state index contributed by atoms with van der Waals surface area (Å²) in [5.41, 5.74) is 13.2. The first-order valence-corrected chi connectivity index (χ1v) is 19.7. The van der Waals surface area contributed by atoms with Crippen LogP contribution in [0.3, 0.4) is 0 Å². The van der Waals surface area contributed by atoms with Crippen LogP contribution in [0.5, 0.6) is 0 Å². The van der Waals surface area contributed by atoms with E-state index in [-0.39, 0.29) is 0 Å². The van der Waals surface area contributed by atoms with Crippen molar-refractivity contribution in [3.63, 3.8) is 0 Å². The van der Waals surface area contributed by atoms with Crippen LogP contribution in [0, 0.1) is 11.3 Å². The van der Waals surface area contributed by atoms with Gasteiger partial charge in [-0.1, -0.05) is 170 Å². The van der Waals surface area contributed by atoms with Crippen LogP contribution in [-0.2, 0) is 0 Å². The highest BCUT2D eigenvalue weighted by atomic mass is 15.0. The molecule has 6 nitrogen and oxygen atoms in total. The molecule has 0 amide bonds. The number of hydrogen-bond acceptors (Lipinski definition) is 6. The van der Waals surface area contributed by atoms with Gasteiger partial charge >= 0.3 is 0 Å². The van der Waals surface area contributed by atoms with Crippen LogP contribution in [0.15, 0.2) is 206 Å². The van der Waals surface area contributed by atoms with Gasteiger partial charge in [0, 0.05) is 33.2 Å². The molecule has 6 heteroatoms. The lowest BCUT2D eigenvalue weighted by molar-refractivity contribution is 1.07. The number of aromatic nitrogens is 5. The van der Waals surface area contributed by atoms with E-state index < -0.39 is 0 Å². The summed E-state index contributed by atoms with van der Waals surface area (Å²) < 4.78 is 0. The molecule has 0 atom stereocenters. The minimum Gasteiger partial charge on any atom is -0.228 e. The van der Waals surface area contributed by atoms with Crippen molar-refractivity contribution in [3.8, 4) is 96.3 Å². The molecule has 0 N–H and O–H groups in total. The van der Waals surface area contributed by atoms with Crippen molar-refractivity contribution in [1.82, 2.24) is 24.9 Å². The smallest absolute Gasteiger partial charge is 0.164 e. The number of para-hydroxylation sites is 1. The summed E-state index contributed by atoms with van der Waals surface area (Å²) >= 11 is 0. The molecule has 280 valence electrons. The third kappa shape index (κ3) is 7.20. The molecule has 0 unspecified atom stereocenters. The van der Waals surface area contributed by atoms with Gasteiger partial charge in [-0.3, -0.25) is 0 Å². The van der Waals surface area contributed by atoms with E-state index in [1.165, 1.54) is 0 Å². The SMILES string of the molecule is N#Cc1ccc(-c2cccc(-c3nc(-c4ccccc4)nc(-c4ccc(-c5cc(-c6ccccc6)ccc5-c5nc(-c6ccccc6)c6ccccc6n5)cc4)n3)c2)cc1. The summed E-state index contributed by atoms with van der Waals surface area (Å²) in [6.07, 6.45) is 0. The molecule has 0 aliphatic carbocycles. The first-order chi connectivity index (χ1) is 29.7. The van der Waals surface area contributed by atoms with E-state index in [2.05, 4.69) is 109 Å². The third-order valence-corrected chi connectivity index (χ3v) is 10.6. The fourth-order valence-electron chi connectivity index (χ4n) is 7.53. The van der Waals surface area contributed by atoms with E-state index in [0.29, 0.717) is 28.9 Å². The first-order valence-electron chi connectivity index (χ1n) is 19.7. The lowest BCUT2D eigenvalue weighted by Gasteiger charge is -2.15. The molecule has 2 heterocycles. The van der Waals surface area contributed by atoms with Crippen LogP contribution in [0.1, 0.15) is 5.56 Å². The van der Waals surface area contributed by atoms with Crippen LogP contribution in [-0.4, -0.2) is 24.9 Å². The Balaban J connectivity index is 1.09. The van der Waals surface area contributed by atoms with Crippen molar-refractivity contribution < 1.29 is 0 Å². The van der Waals surface area contributed by atoms with E-state index in [4.69, 9.17) is 24.9 Å². The maximum atomic E-state index is 9.32. The number of hydrogen-bond donors (Lipinski definition) is 0. The lowest BCUT2D eigenvalue weighted by atomic mass is 9.93. The topological polar surface area (TPSA) is 88.2 Å². The Morgan fingerprint density at radius 2 is 0.783 bits per heavy atom. The second-order valence-electron chi connectivity index (χ2n) is 14.4. The van der Waals surface area contributed by atoms with E-state index in [9.17, 15) is 5.26 Å². The highest BCUT2D eigenvalue weighted by Gasteiger charge is 2.18. The van der Waals surface area contributed by atoms with Gasteiger partial charge in [-0.05, 0) is 69.8 Å². The number of fused-ring (bicyclic) bond motifs is 1. The summed E-state index contributed by atoms with van der Waals surface area (Å²) in [7, 11) is 0. The largest absolute Gasteiger partial charge is 0.228 e. The predicted molar refractivity (Wildman–Crippen MR) is 241 cm³/mol. The van der Waals surface area contributed by atoms with Gasteiger partial charge in [-0.15, -0.1) is 0 Å². The minimum atomic E-state index is 0.567. The molecule has 0 saturated heterocycles. The number of benzene rings is 8. The van der Waals surface area contributed by atoms with E-state index >= 15 is 0 Å². The van der Waals surface area contributed by atoms with Gasteiger partial charge in [-0.25, -0.2) is 24.9 Å². The molecule has 10 aromatic rings. The van der Waals surface area contributed by atoms with Gasteiger partial charge in [0.1, 0.15) is 0 Å². The summed E-state index contributed by atoms with van der Waals surface area (Å²) in [6.45, 7) is 0. The first kappa shape index (κ1) is 36.0. The molecule has 0 saturated carbocycles. The van der Waals surface area contributed by atoms with Crippen LogP contribution in [0.2, 0.25) is 0 Å². The normalized spacial score (nSPS) is 11.0.